The first-order valence-corrected chi connectivity index (χ1v) is 7.38. The first-order chi connectivity index (χ1) is 10.5. The van der Waals surface area contributed by atoms with Crippen molar-refractivity contribution in [2.24, 2.45) is 10.2 Å². The number of nitrogens with zero attached hydrogens (tertiary/aromatic N) is 2. The molecule has 1 unspecified atom stereocenters. The molecule has 0 fully saturated rings. The van der Waals surface area contributed by atoms with Crippen LogP contribution in [0.1, 0.15) is 21.5 Å². The van der Waals surface area contributed by atoms with Crippen LogP contribution in [0.15, 0.2) is 58.8 Å². The van der Waals surface area contributed by atoms with Gasteiger partial charge in [0, 0.05) is 5.56 Å². The second kappa shape index (κ2) is 7.09. The number of aliphatic carboxylic acids is 1. The van der Waals surface area contributed by atoms with Crippen LogP contribution >= 0.6 is 15.9 Å². The number of ketones is 1. The van der Waals surface area contributed by atoms with Gasteiger partial charge in [-0.15, -0.1) is 0 Å². The number of carboxylic acid groups (broad SMARTS) is 1. The fourth-order valence-corrected chi connectivity index (χ4v) is 1.92. The van der Waals surface area contributed by atoms with Gasteiger partial charge >= 0.3 is 5.97 Å². The van der Waals surface area contributed by atoms with Gasteiger partial charge in [-0.25, -0.2) is 4.79 Å². The van der Waals surface area contributed by atoms with E-state index in [1.165, 1.54) is 0 Å². The van der Waals surface area contributed by atoms with Crippen molar-refractivity contribution in [3.63, 3.8) is 0 Å². The van der Waals surface area contributed by atoms with Crippen LogP contribution < -0.4 is 0 Å². The maximum Gasteiger partial charge on any atom is 0.341 e. The van der Waals surface area contributed by atoms with Crippen LogP contribution in [0.25, 0.3) is 0 Å². The molecule has 2 aromatic rings. The van der Waals surface area contributed by atoms with Gasteiger partial charge in [-0.05, 0) is 35.0 Å². The molecule has 112 valence electrons. The SMILES string of the molecule is Cc1ccc(N=NC(Br)C(=O)O)c(C(=O)c2ccccc2)c1. The molecule has 0 aliphatic carbocycles. The summed E-state index contributed by atoms with van der Waals surface area (Å²) in [5.74, 6) is -1.33. The monoisotopic (exact) mass is 360 g/mol. The van der Waals surface area contributed by atoms with Crippen molar-refractivity contribution in [1.82, 2.24) is 0 Å². The van der Waals surface area contributed by atoms with E-state index in [-0.39, 0.29) is 5.78 Å². The lowest BCUT2D eigenvalue weighted by molar-refractivity contribution is -0.136. The third-order valence-electron chi connectivity index (χ3n) is 2.90. The summed E-state index contributed by atoms with van der Waals surface area (Å²) in [6.45, 7) is 1.87. The van der Waals surface area contributed by atoms with Crippen LogP contribution in [0.4, 0.5) is 5.69 Å². The molecule has 0 aliphatic rings. The Balaban J connectivity index is 2.40. The fraction of sp³-hybridized carbons (Fsp3) is 0.125. The van der Waals surface area contributed by atoms with Crippen molar-refractivity contribution >= 4 is 33.4 Å². The van der Waals surface area contributed by atoms with Gasteiger partial charge in [-0.3, -0.25) is 4.79 Å². The largest absolute Gasteiger partial charge is 0.479 e. The molecule has 0 saturated carbocycles. The number of carbonyl (C=O) groups excluding carboxylic acids is 1. The van der Waals surface area contributed by atoms with Crippen molar-refractivity contribution in [1.29, 1.82) is 0 Å². The van der Waals surface area contributed by atoms with Crippen LogP contribution in [0.2, 0.25) is 0 Å². The first kappa shape index (κ1) is 16.0. The maximum absolute atomic E-state index is 12.6. The molecule has 1 atom stereocenters. The number of hydrogen-bond acceptors (Lipinski definition) is 4. The van der Waals surface area contributed by atoms with Gasteiger partial charge in [0.2, 0.25) is 4.95 Å². The topological polar surface area (TPSA) is 79.1 Å². The summed E-state index contributed by atoms with van der Waals surface area (Å²) in [7, 11) is 0. The molecule has 2 aromatic carbocycles. The minimum atomic E-state index is -1.15. The number of aryl methyl sites for hydroxylation is 1. The molecular formula is C16H13BrN2O3. The van der Waals surface area contributed by atoms with Crippen molar-refractivity contribution in [3.05, 3.63) is 65.2 Å². The third-order valence-corrected chi connectivity index (χ3v) is 3.48. The molecule has 22 heavy (non-hydrogen) atoms. The lowest BCUT2D eigenvalue weighted by atomic mass is 10.00. The van der Waals surface area contributed by atoms with Crippen molar-refractivity contribution < 1.29 is 14.7 Å². The molecule has 0 aromatic heterocycles. The van der Waals surface area contributed by atoms with Gasteiger partial charge in [0.25, 0.3) is 0 Å². The molecule has 2 rings (SSSR count). The van der Waals surface area contributed by atoms with Gasteiger partial charge in [-0.2, -0.15) is 10.2 Å². The number of alkyl halides is 1. The van der Waals surface area contributed by atoms with Gasteiger partial charge in [-0.1, -0.05) is 42.0 Å². The summed E-state index contributed by atoms with van der Waals surface area (Å²) in [5.41, 5.74) is 2.18. The zero-order valence-electron chi connectivity index (χ0n) is 11.7. The van der Waals surface area contributed by atoms with Gasteiger partial charge in [0.15, 0.2) is 5.78 Å². The lowest BCUT2D eigenvalue weighted by Gasteiger charge is -2.06. The van der Waals surface area contributed by atoms with E-state index in [0.717, 1.165) is 5.56 Å². The summed E-state index contributed by atoms with van der Waals surface area (Å²) in [4.78, 5) is 22.2. The lowest BCUT2D eigenvalue weighted by Crippen LogP contribution is -2.08. The molecular weight excluding hydrogens is 348 g/mol. The van der Waals surface area contributed by atoms with E-state index in [1.54, 1.807) is 42.5 Å². The van der Waals surface area contributed by atoms with Crippen molar-refractivity contribution in [2.75, 3.05) is 0 Å². The summed E-state index contributed by atoms with van der Waals surface area (Å²) in [6, 6.07) is 14.0. The molecule has 0 aliphatic heterocycles. The Labute approximate surface area is 135 Å². The second-order valence-corrected chi connectivity index (χ2v) is 5.47. The summed E-state index contributed by atoms with van der Waals surface area (Å²) < 4.78 is 0. The maximum atomic E-state index is 12.6. The van der Waals surface area contributed by atoms with E-state index >= 15 is 0 Å². The molecule has 0 saturated heterocycles. The zero-order chi connectivity index (χ0) is 16.1. The highest BCUT2D eigenvalue weighted by atomic mass is 79.9. The number of carbonyl (C=O) groups is 2. The standard InChI is InChI=1S/C16H13BrN2O3/c1-10-7-8-13(18-19-15(17)16(21)22)12(9-10)14(20)11-5-3-2-4-6-11/h2-9,15H,1H3,(H,21,22). The molecule has 5 nitrogen and oxygen atoms in total. The minimum Gasteiger partial charge on any atom is -0.479 e. The Hall–Kier alpha value is -2.34. The number of carboxylic acids is 1. The van der Waals surface area contributed by atoms with Crippen LogP contribution in [0.3, 0.4) is 0 Å². The third kappa shape index (κ3) is 3.85. The van der Waals surface area contributed by atoms with Gasteiger partial charge in [0.1, 0.15) is 0 Å². The molecule has 1 N–H and O–H groups in total. The second-order valence-electron chi connectivity index (χ2n) is 4.61. The van der Waals surface area contributed by atoms with E-state index in [4.69, 9.17) is 5.11 Å². The Bertz CT molecular complexity index is 729. The Morgan fingerprint density at radius 1 is 1.14 bits per heavy atom. The average molecular weight is 361 g/mol. The normalized spacial score (nSPS) is 12.3. The zero-order valence-corrected chi connectivity index (χ0v) is 13.3. The minimum absolute atomic E-state index is 0.181. The Kier molecular flexibility index (Phi) is 5.16. The van der Waals surface area contributed by atoms with Crippen LogP contribution in [0.5, 0.6) is 0 Å². The number of hydrogen-bond donors (Lipinski definition) is 1. The number of azo groups is 1. The molecule has 6 heteroatoms. The number of halogens is 1. The van der Waals surface area contributed by atoms with E-state index in [9.17, 15) is 9.59 Å². The van der Waals surface area contributed by atoms with Gasteiger partial charge < -0.3 is 5.11 Å². The fourth-order valence-electron chi connectivity index (χ4n) is 1.83. The van der Waals surface area contributed by atoms with E-state index in [2.05, 4.69) is 26.2 Å². The summed E-state index contributed by atoms with van der Waals surface area (Å²) in [6.07, 6.45) is 0. The van der Waals surface area contributed by atoms with Crippen LogP contribution in [0, 0.1) is 6.92 Å². The number of rotatable bonds is 5. The average Bonchev–Trinajstić information content (AvgIpc) is 2.53. The van der Waals surface area contributed by atoms with E-state index in [0.29, 0.717) is 16.8 Å². The first-order valence-electron chi connectivity index (χ1n) is 6.47. The molecule has 0 heterocycles. The summed E-state index contributed by atoms with van der Waals surface area (Å²) in [5, 5.41) is 16.3. The quantitative estimate of drug-likeness (QED) is 0.377. The van der Waals surface area contributed by atoms with E-state index < -0.39 is 10.9 Å². The highest BCUT2D eigenvalue weighted by Gasteiger charge is 2.15. The molecule has 0 radical (unpaired) electrons. The smallest absolute Gasteiger partial charge is 0.341 e. The van der Waals surface area contributed by atoms with Crippen molar-refractivity contribution in [2.45, 2.75) is 11.9 Å². The highest BCUT2D eigenvalue weighted by Crippen LogP contribution is 2.25. The number of benzene rings is 2. The molecule has 0 amide bonds. The Morgan fingerprint density at radius 2 is 1.82 bits per heavy atom. The molecule has 0 bridgehead atoms. The van der Waals surface area contributed by atoms with E-state index in [1.807, 2.05) is 13.0 Å². The predicted molar refractivity (Wildman–Crippen MR) is 85.9 cm³/mol. The predicted octanol–water partition coefficient (Wildman–Crippen LogP) is 4.12. The summed E-state index contributed by atoms with van der Waals surface area (Å²) >= 11 is 2.88. The van der Waals surface area contributed by atoms with Crippen molar-refractivity contribution in [3.8, 4) is 0 Å². The highest BCUT2D eigenvalue weighted by molar-refractivity contribution is 9.10. The Morgan fingerprint density at radius 3 is 2.45 bits per heavy atom. The molecule has 0 spiro atoms. The van der Waals surface area contributed by atoms with Crippen LogP contribution in [-0.2, 0) is 4.79 Å². The van der Waals surface area contributed by atoms with Gasteiger partial charge in [0.05, 0.1) is 11.3 Å². The van der Waals surface area contributed by atoms with Crippen LogP contribution in [-0.4, -0.2) is 21.8 Å².